The van der Waals surface area contributed by atoms with E-state index in [1.165, 1.54) is 0 Å². The molecule has 5 nitrogen and oxygen atoms in total. The van der Waals surface area contributed by atoms with Crippen LogP contribution in [0.4, 0.5) is 0 Å². The Bertz CT molecular complexity index is 1000. The third-order valence-corrected chi connectivity index (χ3v) is 5.10. The zero-order valence-electron chi connectivity index (χ0n) is 13.9. The first-order valence-corrected chi connectivity index (χ1v) is 9.04. The Morgan fingerprint density at radius 1 is 1.15 bits per heavy atom. The third-order valence-electron chi connectivity index (χ3n) is 4.51. The van der Waals surface area contributed by atoms with Crippen molar-refractivity contribution >= 4 is 23.2 Å². The molecule has 0 amide bonds. The topological polar surface area (TPSA) is 61.9 Å². The molecule has 1 aromatic carbocycles. The van der Waals surface area contributed by atoms with E-state index >= 15 is 0 Å². The fraction of sp³-hybridized carbons (Fsp3) is 0.211. The van der Waals surface area contributed by atoms with Gasteiger partial charge in [-0.1, -0.05) is 29.3 Å². The summed E-state index contributed by atoms with van der Waals surface area (Å²) < 4.78 is 0. The number of rotatable bonds is 3. The van der Waals surface area contributed by atoms with Crippen molar-refractivity contribution in [3.63, 3.8) is 0 Å². The molecule has 0 spiro atoms. The molecule has 132 valence electrons. The van der Waals surface area contributed by atoms with Gasteiger partial charge in [0, 0.05) is 54.1 Å². The predicted octanol–water partition coefficient (Wildman–Crippen LogP) is 3.70. The van der Waals surface area contributed by atoms with Gasteiger partial charge in [-0.3, -0.25) is 14.7 Å². The van der Waals surface area contributed by atoms with Gasteiger partial charge in [0.25, 0.3) is 5.56 Å². The van der Waals surface area contributed by atoms with Crippen LogP contribution in [0, 0.1) is 0 Å². The molecule has 1 aliphatic rings. The van der Waals surface area contributed by atoms with Gasteiger partial charge in [0.2, 0.25) is 0 Å². The largest absolute Gasteiger partial charge is 0.306 e. The molecule has 0 atom stereocenters. The number of benzene rings is 1. The van der Waals surface area contributed by atoms with Gasteiger partial charge in [-0.25, -0.2) is 4.98 Å². The summed E-state index contributed by atoms with van der Waals surface area (Å²) >= 11 is 12.2. The minimum atomic E-state index is -0.0892. The molecule has 0 aliphatic carbocycles. The van der Waals surface area contributed by atoms with Crippen LogP contribution in [0.5, 0.6) is 0 Å². The lowest BCUT2D eigenvalue weighted by molar-refractivity contribution is 0.242. The fourth-order valence-electron chi connectivity index (χ4n) is 3.15. The van der Waals surface area contributed by atoms with E-state index in [0.717, 1.165) is 35.3 Å². The molecule has 2 aromatic heterocycles. The maximum Gasteiger partial charge on any atom is 0.255 e. The van der Waals surface area contributed by atoms with Crippen LogP contribution in [-0.4, -0.2) is 26.4 Å². The van der Waals surface area contributed by atoms with Crippen molar-refractivity contribution in [2.75, 3.05) is 6.54 Å². The molecule has 0 saturated carbocycles. The molecule has 1 N–H and O–H groups in total. The Morgan fingerprint density at radius 3 is 2.73 bits per heavy atom. The minimum absolute atomic E-state index is 0.0892. The Hall–Kier alpha value is -2.21. The van der Waals surface area contributed by atoms with Crippen molar-refractivity contribution in [2.45, 2.75) is 19.5 Å². The summed E-state index contributed by atoms with van der Waals surface area (Å²) in [5.41, 5.74) is 3.35. The van der Waals surface area contributed by atoms with Crippen LogP contribution in [0.2, 0.25) is 10.0 Å². The first-order chi connectivity index (χ1) is 12.6. The molecule has 3 aromatic rings. The summed E-state index contributed by atoms with van der Waals surface area (Å²) in [7, 11) is 0. The highest BCUT2D eigenvalue weighted by Gasteiger charge is 2.22. The fourth-order valence-corrected chi connectivity index (χ4v) is 3.62. The average Bonchev–Trinajstić information content (AvgIpc) is 2.65. The van der Waals surface area contributed by atoms with Crippen LogP contribution in [0.25, 0.3) is 11.4 Å². The highest BCUT2D eigenvalue weighted by molar-refractivity contribution is 6.35. The molecule has 26 heavy (non-hydrogen) atoms. The van der Waals surface area contributed by atoms with E-state index in [1.54, 1.807) is 18.5 Å². The minimum Gasteiger partial charge on any atom is -0.306 e. The smallest absolute Gasteiger partial charge is 0.255 e. The molecule has 7 heteroatoms. The molecular weight excluding hydrogens is 371 g/mol. The van der Waals surface area contributed by atoms with Crippen molar-refractivity contribution in [3.05, 3.63) is 79.9 Å². The van der Waals surface area contributed by atoms with Gasteiger partial charge in [-0.15, -0.1) is 0 Å². The SMILES string of the molecule is O=c1[nH]c(-c2ccncc2)nc2c1CN(Cc1ccc(Cl)cc1Cl)CC2. The number of hydrogen-bond acceptors (Lipinski definition) is 4. The molecule has 3 heterocycles. The van der Waals surface area contributed by atoms with Gasteiger partial charge >= 0.3 is 0 Å². The van der Waals surface area contributed by atoms with Crippen LogP contribution in [0.15, 0.2) is 47.5 Å². The molecule has 1 aliphatic heterocycles. The van der Waals surface area contributed by atoms with Gasteiger partial charge < -0.3 is 4.98 Å². The summed E-state index contributed by atoms with van der Waals surface area (Å²) in [6, 6.07) is 9.17. The average molecular weight is 387 g/mol. The highest BCUT2D eigenvalue weighted by Crippen LogP contribution is 2.24. The monoisotopic (exact) mass is 386 g/mol. The second-order valence-electron chi connectivity index (χ2n) is 6.27. The number of nitrogens with zero attached hydrogens (tertiary/aromatic N) is 3. The Labute approximate surface area is 160 Å². The normalized spacial score (nSPS) is 14.2. The van der Waals surface area contributed by atoms with E-state index in [4.69, 9.17) is 23.2 Å². The van der Waals surface area contributed by atoms with E-state index in [2.05, 4.69) is 19.9 Å². The number of H-pyrrole nitrogens is 1. The molecule has 4 rings (SSSR count). The van der Waals surface area contributed by atoms with Crippen LogP contribution >= 0.6 is 23.2 Å². The Balaban J connectivity index is 1.58. The maximum absolute atomic E-state index is 12.6. The summed E-state index contributed by atoms with van der Waals surface area (Å²) in [6.45, 7) is 2.03. The number of nitrogens with one attached hydrogen (secondary N) is 1. The molecule has 0 bridgehead atoms. The van der Waals surface area contributed by atoms with Crippen LogP contribution in [0.1, 0.15) is 16.8 Å². The van der Waals surface area contributed by atoms with E-state index in [0.29, 0.717) is 29.0 Å². The second kappa shape index (κ2) is 7.19. The molecular formula is C19H16Cl2N4O. The van der Waals surface area contributed by atoms with Gasteiger partial charge in [0.05, 0.1) is 11.3 Å². The number of fused-ring (bicyclic) bond motifs is 1. The van der Waals surface area contributed by atoms with E-state index in [1.807, 2.05) is 24.3 Å². The molecule has 0 unspecified atom stereocenters. The van der Waals surface area contributed by atoms with Crippen molar-refractivity contribution in [1.29, 1.82) is 0 Å². The quantitative estimate of drug-likeness (QED) is 0.745. The number of aromatic amines is 1. The first-order valence-electron chi connectivity index (χ1n) is 8.29. The second-order valence-corrected chi connectivity index (χ2v) is 7.12. The van der Waals surface area contributed by atoms with Crippen LogP contribution in [-0.2, 0) is 19.5 Å². The maximum atomic E-state index is 12.6. The summed E-state index contributed by atoms with van der Waals surface area (Å²) in [5.74, 6) is 0.588. The summed E-state index contributed by atoms with van der Waals surface area (Å²) in [5, 5.41) is 1.26. The molecule has 0 fully saturated rings. The lowest BCUT2D eigenvalue weighted by Crippen LogP contribution is -2.35. The first kappa shape index (κ1) is 17.2. The van der Waals surface area contributed by atoms with E-state index in [9.17, 15) is 4.79 Å². The van der Waals surface area contributed by atoms with Crippen LogP contribution < -0.4 is 5.56 Å². The third kappa shape index (κ3) is 3.51. The van der Waals surface area contributed by atoms with Gasteiger partial charge in [-0.2, -0.15) is 0 Å². The van der Waals surface area contributed by atoms with E-state index < -0.39 is 0 Å². The predicted molar refractivity (Wildman–Crippen MR) is 102 cm³/mol. The van der Waals surface area contributed by atoms with Crippen molar-refractivity contribution in [2.24, 2.45) is 0 Å². The zero-order chi connectivity index (χ0) is 18.1. The van der Waals surface area contributed by atoms with Gasteiger partial charge in [0.1, 0.15) is 5.82 Å². The van der Waals surface area contributed by atoms with Crippen molar-refractivity contribution in [3.8, 4) is 11.4 Å². The van der Waals surface area contributed by atoms with Gasteiger partial charge in [-0.05, 0) is 29.8 Å². The van der Waals surface area contributed by atoms with Crippen LogP contribution in [0.3, 0.4) is 0 Å². The van der Waals surface area contributed by atoms with Crippen molar-refractivity contribution in [1.82, 2.24) is 19.9 Å². The summed E-state index contributed by atoms with van der Waals surface area (Å²) in [6.07, 6.45) is 4.10. The molecule has 0 saturated heterocycles. The number of pyridine rings is 1. The standard InChI is InChI=1S/C19H16Cl2N4O/c20-14-2-1-13(16(21)9-14)10-25-8-5-17-15(11-25)19(26)24-18(23-17)12-3-6-22-7-4-12/h1-4,6-7,9H,5,8,10-11H2,(H,23,24,26). The lowest BCUT2D eigenvalue weighted by Gasteiger charge is -2.28. The lowest BCUT2D eigenvalue weighted by atomic mass is 10.1. The Morgan fingerprint density at radius 2 is 1.96 bits per heavy atom. The highest BCUT2D eigenvalue weighted by atomic mass is 35.5. The Kier molecular flexibility index (Phi) is 4.76. The van der Waals surface area contributed by atoms with Crippen molar-refractivity contribution < 1.29 is 0 Å². The number of aromatic nitrogens is 3. The molecule has 0 radical (unpaired) electrons. The van der Waals surface area contributed by atoms with Gasteiger partial charge in [0.15, 0.2) is 0 Å². The number of hydrogen-bond donors (Lipinski definition) is 1. The van der Waals surface area contributed by atoms with E-state index in [-0.39, 0.29) is 5.56 Å². The number of halogens is 2. The zero-order valence-corrected chi connectivity index (χ0v) is 15.4. The summed E-state index contributed by atoms with van der Waals surface area (Å²) in [4.78, 5) is 26.3.